The van der Waals surface area contributed by atoms with Crippen LogP contribution >= 0.6 is 11.6 Å². The molecule has 0 radical (unpaired) electrons. The fourth-order valence-corrected chi connectivity index (χ4v) is 2.37. The standard InChI is InChI=1S/C15H10ClF3N2/c16-12-8-14-9(7-13(12)20)5-6-21(14)11-3-1-10(2-4-11)15(17,18)19/h1-8H,20H2. The molecule has 2 N–H and O–H groups in total. The number of anilines is 1. The van der Waals surface area contributed by atoms with E-state index in [0.29, 0.717) is 16.4 Å². The molecule has 0 aliphatic heterocycles. The number of nitrogen functional groups attached to an aromatic ring is 1. The smallest absolute Gasteiger partial charge is 0.398 e. The molecule has 0 amide bonds. The van der Waals surface area contributed by atoms with Crippen molar-refractivity contribution in [3.63, 3.8) is 0 Å². The van der Waals surface area contributed by atoms with Gasteiger partial charge < -0.3 is 10.3 Å². The molecule has 0 unspecified atom stereocenters. The number of hydrogen-bond donors (Lipinski definition) is 1. The van der Waals surface area contributed by atoms with Crippen LogP contribution < -0.4 is 5.73 Å². The lowest BCUT2D eigenvalue weighted by atomic mass is 10.2. The van der Waals surface area contributed by atoms with E-state index < -0.39 is 11.7 Å². The van der Waals surface area contributed by atoms with E-state index >= 15 is 0 Å². The minimum atomic E-state index is -4.34. The Bertz CT molecular complexity index is 804. The quantitative estimate of drug-likeness (QED) is 0.638. The average molecular weight is 311 g/mol. The van der Waals surface area contributed by atoms with Gasteiger partial charge in [-0.3, -0.25) is 0 Å². The Balaban J connectivity index is 2.10. The third-order valence-corrected chi connectivity index (χ3v) is 3.61. The first-order valence-electron chi connectivity index (χ1n) is 6.10. The van der Waals surface area contributed by atoms with Crippen LogP contribution in [0.15, 0.2) is 48.7 Å². The molecule has 1 heterocycles. The number of rotatable bonds is 1. The van der Waals surface area contributed by atoms with Crippen molar-refractivity contribution in [1.29, 1.82) is 0 Å². The predicted molar refractivity (Wildman–Crippen MR) is 77.7 cm³/mol. The number of nitrogens with zero attached hydrogens (tertiary/aromatic N) is 1. The van der Waals surface area contributed by atoms with Crippen LogP contribution in [0.3, 0.4) is 0 Å². The molecule has 2 nitrogen and oxygen atoms in total. The Kier molecular flexibility index (Phi) is 3.10. The molecule has 1 aromatic heterocycles. The van der Waals surface area contributed by atoms with E-state index in [-0.39, 0.29) is 0 Å². The second-order valence-corrected chi connectivity index (χ2v) is 5.07. The molecule has 0 spiro atoms. The summed E-state index contributed by atoms with van der Waals surface area (Å²) in [5, 5.41) is 1.28. The summed E-state index contributed by atoms with van der Waals surface area (Å²) in [5.41, 5.74) is 6.94. The van der Waals surface area contributed by atoms with Crippen molar-refractivity contribution in [3.05, 3.63) is 59.2 Å². The molecule has 2 aromatic carbocycles. The summed E-state index contributed by atoms with van der Waals surface area (Å²) < 4.78 is 39.5. The van der Waals surface area contributed by atoms with Crippen molar-refractivity contribution in [2.45, 2.75) is 6.18 Å². The summed E-state index contributed by atoms with van der Waals surface area (Å²) >= 11 is 6.00. The van der Waals surface area contributed by atoms with Crippen LogP contribution in [0.4, 0.5) is 18.9 Å². The normalized spacial score (nSPS) is 12.0. The Morgan fingerprint density at radius 3 is 2.29 bits per heavy atom. The van der Waals surface area contributed by atoms with E-state index in [2.05, 4.69) is 0 Å². The van der Waals surface area contributed by atoms with Gasteiger partial charge in [0.25, 0.3) is 0 Å². The Morgan fingerprint density at radius 2 is 1.67 bits per heavy atom. The molecule has 0 fully saturated rings. The first-order chi connectivity index (χ1) is 9.86. The molecule has 6 heteroatoms. The third-order valence-electron chi connectivity index (χ3n) is 3.28. The third kappa shape index (κ3) is 2.45. The first kappa shape index (κ1) is 13.8. The number of hydrogen-bond acceptors (Lipinski definition) is 1. The van der Waals surface area contributed by atoms with Gasteiger partial charge in [-0.1, -0.05) is 11.6 Å². The molecular weight excluding hydrogens is 301 g/mol. The highest BCUT2D eigenvalue weighted by Crippen LogP contribution is 2.31. The zero-order valence-corrected chi connectivity index (χ0v) is 11.4. The Labute approximate surface area is 123 Å². The lowest BCUT2D eigenvalue weighted by Crippen LogP contribution is -2.04. The molecule has 3 rings (SSSR count). The highest BCUT2D eigenvalue weighted by molar-refractivity contribution is 6.33. The van der Waals surface area contributed by atoms with E-state index in [1.165, 1.54) is 12.1 Å². The van der Waals surface area contributed by atoms with E-state index in [1.807, 2.05) is 6.07 Å². The summed E-state index contributed by atoms with van der Waals surface area (Å²) in [4.78, 5) is 0. The second-order valence-electron chi connectivity index (χ2n) is 4.66. The van der Waals surface area contributed by atoms with Gasteiger partial charge >= 0.3 is 6.18 Å². The molecule has 21 heavy (non-hydrogen) atoms. The highest BCUT2D eigenvalue weighted by Gasteiger charge is 2.30. The van der Waals surface area contributed by atoms with E-state index in [1.54, 1.807) is 22.9 Å². The highest BCUT2D eigenvalue weighted by atomic mass is 35.5. The van der Waals surface area contributed by atoms with Crippen molar-refractivity contribution >= 4 is 28.2 Å². The topological polar surface area (TPSA) is 30.9 Å². The van der Waals surface area contributed by atoms with Crippen LogP contribution in [0.25, 0.3) is 16.6 Å². The van der Waals surface area contributed by atoms with Crippen molar-refractivity contribution < 1.29 is 13.2 Å². The van der Waals surface area contributed by atoms with Crippen molar-refractivity contribution in [2.24, 2.45) is 0 Å². The molecular formula is C15H10ClF3N2. The van der Waals surface area contributed by atoms with Crippen LogP contribution in [-0.2, 0) is 6.18 Å². The maximum absolute atomic E-state index is 12.6. The molecule has 0 aliphatic carbocycles. The van der Waals surface area contributed by atoms with Gasteiger partial charge in [0.2, 0.25) is 0 Å². The Morgan fingerprint density at radius 1 is 1.00 bits per heavy atom. The maximum atomic E-state index is 12.6. The average Bonchev–Trinajstić information content (AvgIpc) is 2.81. The van der Waals surface area contributed by atoms with Crippen LogP contribution in [0.1, 0.15) is 5.56 Å². The number of fused-ring (bicyclic) bond motifs is 1. The van der Waals surface area contributed by atoms with Gasteiger partial charge in [0.15, 0.2) is 0 Å². The SMILES string of the molecule is Nc1cc2ccn(-c3ccc(C(F)(F)F)cc3)c2cc1Cl. The first-order valence-corrected chi connectivity index (χ1v) is 6.48. The summed E-state index contributed by atoms with van der Waals surface area (Å²) in [6, 6.07) is 10.2. The Hall–Kier alpha value is -2.14. The number of aromatic nitrogens is 1. The van der Waals surface area contributed by atoms with Gasteiger partial charge in [-0.05, 0) is 42.5 Å². The van der Waals surface area contributed by atoms with E-state index in [0.717, 1.165) is 23.0 Å². The van der Waals surface area contributed by atoms with Gasteiger partial charge in [-0.15, -0.1) is 0 Å². The van der Waals surface area contributed by atoms with Gasteiger partial charge in [-0.2, -0.15) is 13.2 Å². The molecule has 0 aliphatic rings. The molecule has 0 saturated heterocycles. The summed E-state index contributed by atoms with van der Waals surface area (Å²) in [5.74, 6) is 0. The predicted octanol–water partition coefficient (Wildman–Crippen LogP) is 4.88. The van der Waals surface area contributed by atoms with Crippen molar-refractivity contribution in [1.82, 2.24) is 4.57 Å². The number of halogens is 4. The van der Waals surface area contributed by atoms with Crippen LogP contribution in [0.5, 0.6) is 0 Å². The monoisotopic (exact) mass is 310 g/mol. The number of benzene rings is 2. The fourth-order valence-electron chi connectivity index (χ4n) is 2.21. The lowest BCUT2D eigenvalue weighted by Gasteiger charge is -2.10. The van der Waals surface area contributed by atoms with Gasteiger partial charge in [0.05, 0.1) is 21.8 Å². The summed E-state index contributed by atoms with van der Waals surface area (Å²) in [6.07, 6.45) is -2.57. The number of alkyl halides is 3. The van der Waals surface area contributed by atoms with Gasteiger partial charge in [-0.25, -0.2) is 0 Å². The van der Waals surface area contributed by atoms with Crippen LogP contribution in [0.2, 0.25) is 5.02 Å². The maximum Gasteiger partial charge on any atom is 0.416 e. The van der Waals surface area contributed by atoms with Crippen LogP contribution in [0, 0.1) is 0 Å². The largest absolute Gasteiger partial charge is 0.416 e. The van der Waals surface area contributed by atoms with E-state index in [4.69, 9.17) is 17.3 Å². The zero-order chi connectivity index (χ0) is 15.2. The minimum Gasteiger partial charge on any atom is -0.398 e. The molecule has 0 atom stereocenters. The number of nitrogens with two attached hydrogens (primary N) is 1. The molecule has 0 saturated carbocycles. The lowest BCUT2D eigenvalue weighted by molar-refractivity contribution is -0.137. The second kappa shape index (κ2) is 4.70. The summed E-state index contributed by atoms with van der Waals surface area (Å²) in [6.45, 7) is 0. The van der Waals surface area contributed by atoms with Crippen LogP contribution in [-0.4, -0.2) is 4.57 Å². The van der Waals surface area contributed by atoms with Crippen molar-refractivity contribution in [2.75, 3.05) is 5.73 Å². The molecule has 3 aromatic rings. The minimum absolute atomic E-state index is 0.411. The fraction of sp³-hybridized carbons (Fsp3) is 0.0667. The molecule has 0 bridgehead atoms. The van der Waals surface area contributed by atoms with Crippen molar-refractivity contribution in [3.8, 4) is 5.69 Å². The van der Waals surface area contributed by atoms with Gasteiger partial charge in [0, 0.05) is 17.3 Å². The summed E-state index contributed by atoms with van der Waals surface area (Å²) in [7, 11) is 0. The zero-order valence-electron chi connectivity index (χ0n) is 10.7. The van der Waals surface area contributed by atoms with Gasteiger partial charge in [0.1, 0.15) is 0 Å². The molecule has 108 valence electrons. The van der Waals surface area contributed by atoms with E-state index in [9.17, 15) is 13.2 Å².